The van der Waals surface area contributed by atoms with Gasteiger partial charge in [0, 0.05) is 17.3 Å². The van der Waals surface area contributed by atoms with Crippen LogP contribution < -0.4 is 4.90 Å². The van der Waals surface area contributed by atoms with E-state index in [2.05, 4.69) is 0 Å². The van der Waals surface area contributed by atoms with Gasteiger partial charge in [0.05, 0.1) is 5.56 Å². The molecule has 0 heterocycles. The number of hydrogen-bond donors (Lipinski definition) is 0. The normalized spacial score (nSPS) is 12.6. The lowest BCUT2D eigenvalue weighted by atomic mass is 10.1. The molecule has 1 rings (SSSR count). The summed E-state index contributed by atoms with van der Waals surface area (Å²) in [6, 6.07) is 1.85. The van der Waals surface area contributed by atoms with E-state index in [1.54, 1.807) is 0 Å². The van der Waals surface area contributed by atoms with Gasteiger partial charge in [0.25, 0.3) is 0 Å². The van der Waals surface area contributed by atoms with Crippen LogP contribution in [-0.4, -0.2) is 25.0 Å². The Bertz CT molecular complexity index is 506. The zero-order valence-electron chi connectivity index (χ0n) is 11.2. The van der Waals surface area contributed by atoms with Gasteiger partial charge in [0.2, 0.25) is 0 Å². The fraction of sp³-hybridized carbons (Fsp3) is 0.462. The number of carbonyl (C=O) groups excluding carboxylic acids is 1. The van der Waals surface area contributed by atoms with Crippen LogP contribution in [-0.2, 0) is 6.18 Å². The minimum atomic E-state index is -4.81. The molecule has 0 aromatic heterocycles. The van der Waals surface area contributed by atoms with Crippen molar-refractivity contribution in [2.45, 2.75) is 32.2 Å². The average Bonchev–Trinajstić information content (AvgIpc) is 2.33. The van der Waals surface area contributed by atoms with E-state index in [0.29, 0.717) is 6.07 Å². The van der Waals surface area contributed by atoms with E-state index in [1.165, 1.54) is 13.8 Å². The largest absolute Gasteiger partial charge is 0.417 e. The highest BCUT2D eigenvalue weighted by molar-refractivity contribution is 5.79. The smallest absolute Gasteiger partial charge is 0.360 e. The maximum absolute atomic E-state index is 12.8. The van der Waals surface area contributed by atoms with Gasteiger partial charge >= 0.3 is 12.4 Å². The minimum absolute atomic E-state index is 0.0239. The summed E-state index contributed by atoms with van der Waals surface area (Å²) in [5.74, 6) is 0. The zero-order valence-corrected chi connectivity index (χ0v) is 11.2. The van der Waals surface area contributed by atoms with Gasteiger partial charge in [-0.3, -0.25) is 4.79 Å². The molecule has 0 fully saturated rings. The van der Waals surface area contributed by atoms with Crippen molar-refractivity contribution in [2.75, 3.05) is 11.4 Å². The molecule has 8 heteroatoms. The van der Waals surface area contributed by atoms with Gasteiger partial charge in [-0.25, -0.2) is 0 Å². The third-order valence-electron chi connectivity index (χ3n) is 2.77. The molecular formula is C13H13F6NO. The molecule has 0 aliphatic rings. The topological polar surface area (TPSA) is 20.3 Å². The number of alkyl halides is 6. The van der Waals surface area contributed by atoms with Gasteiger partial charge in [0.15, 0.2) is 6.29 Å². The van der Waals surface area contributed by atoms with E-state index >= 15 is 0 Å². The Balaban J connectivity index is 3.31. The standard InChI is InChI=1S/C13H13F6NO/c1-8(2)20(7-12(14,15)16)10-4-3-9(6-21)11(5-10)13(17,18)19/h3-6,8H,7H2,1-2H3. The summed E-state index contributed by atoms with van der Waals surface area (Å²) < 4.78 is 76.0. The van der Waals surface area contributed by atoms with Crippen molar-refractivity contribution < 1.29 is 31.1 Å². The van der Waals surface area contributed by atoms with Crippen LogP contribution in [0.4, 0.5) is 32.0 Å². The zero-order chi connectivity index (χ0) is 16.4. The highest BCUT2D eigenvalue weighted by atomic mass is 19.4. The lowest BCUT2D eigenvalue weighted by molar-refractivity contribution is -0.137. The second kappa shape index (κ2) is 5.95. The van der Waals surface area contributed by atoms with Crippen molar-refractivity contribution in [3.05, 3.63) is 29.3 Å². The second-order valence-corrected chi connectivity index (χ2v) is 4.72. The summed E-state index contributed by atoms with van der Waals surface area (Å²) >= 11 is 0. The summed E-state index contributed by atoms with van der Waals surface area (Å²) in [7, 11) is 0. The van der Waals surface area contributed by atoms with Crippen molar-refractivity contribution in [2.24, 2.45) is 0 Å². The molecule has 1 aromatic rings. The van der Waals surface area contributed by atoms with Gasteiger partial charge in [-0.2, -0.15) is 26.3 Å². The summed E-state index contributed by atoms with van der Waals surface area (Å²) in [5.41, 5.74) is -2.09. The van der Waals surface area contributed by atoms with E-state index < -0.39 is 36.1 Å². The van der Waals surface area contributed by atoms with Gasteiger partial charge in [-0.1, -0.05) is 0 Å². The molecule has 118 valence electrons. The minimum Gasteiger partial charge on any atom is -0.360 e. The fourth-order valence-corrected chi connectivity index (χ4v) is 1.84. The quantitative estimate of drug-likeness (QED) is 0.610. The van der Waals surface area contributed by atoms with E-state index in [-0.39, 0.29) is 12.0 Å². The van der Waals surface area contributed by atoms with Crippen molar-refractivity contribution >= 4 is 12.0 Å². The first kappa shape index (κ1) is 17.3. The third kappa shape index (κ3) is 4.64. The van der Waals surface area contributed by atoms with Crippen LogP contribution in [0.1, 0.15) is 29.8 Å². The molecule has 21 heavy (non-hydrogen) atoms. The molecule has 1 aromatic carbocycles. The van der Waals surface area contributed by atoms with E-state index in [1.807, 2.05) is 0 Å². The number of nitrogens with zero attached hydrogens (tertiary/aromatic N) is 1. The van der Waals surface area contributed by atoms with Gasteiger partial charge < -0.3 is 4.90 Å². The maximum atomic E-state index is 12.8. The van der Waals surface area contributed by atoms with E-state index in [0.717, 1.165) is 17.0 Å². The van der Waals surface area contributed by atoms with Crippen molar-refractivity contribution in [3.8, 4) is 0 Å². The first-order valence-corrected chi connectivity index (χ1v) is 5.95. The lowest BCUT2D eigenvalue weighted by Gasteiger charge is -2.30. The Labute approximate surface area is 117 Å². The predicted molar refractivity (Wildman–Crippen MR) is 65.4 cm³/mol. The predicted octanol–water partition coefficient (Wildman–Crippen LogP) is 4.30. The number of anilines is 1. The second-order valence-electron chi connectivity index (χ2n) is 4.72. The number of rotatable bonds is 4. The van der Waals surface area contributed by atoms with Crippen LogP contribution in [0.15, 0.2) is 18.2 Å². The number of halogens is 6. The summed E-state index contributed by atoms with van der Waals surface area (Å²) in [6.07, 6.45) is -9.34. The molecule has 0 amide bonds. The lowest BCUT2D eigenvalue weighted by Crippen LogP contribution is -2.39. The van der Waals surface area contributed by atoms with Gasteiger partial charge in [-0.05, 0) is 32.0 Å². The average molecular weight is 313 g/mol. The molecule has 0 saturated heterocycles. The number of aldehydes is 1. The Hall–Kier alpha value is -1.73. The Kier molecular flexibility index (Phi) is 4.91. The highest BCUT2D eigenvalue weighted by Crippen LogP contribution is 2.35. The molecular weight excluding hydrogens is 300 g/mol. The van der Waals surface area contributed by atoms with Crippen LogP contribution in [0.2, 0.25) is 0 Å². The first-order valence-electron chi connectivity index (χ1n) is 5.95. The molecule has 0 aliphatic heterocycles. The van der Waals surface area contributed by atoms with Crippen LogP contribution in [0.25, 0.3) is 0 Å². The monoisotopic (exact) mass is 313 g/mol. The molecule has 0 unspecified atom stereocenters. The number of benzene rings is 1. The Morgan fingerprint density at radius 1 is 1.14 bits per heavy atom. The molecule has 0 atom stereocenters. The molecule has 0 saturated carbocycles. The van der Waals surface area contributed by atoms with Gasteiger partial charge in [0.1, 0.15) is 6.54 Å². The molecule has 2 nitrogen and oxygen atoms in total. The summed E-state index contributed by atoms with van der Waals surface area (Å²) in [4.78, 5) is 11.4. The SMILES string of the molecule is CC(C)N(CC(F)(F)F)c1ccc(C=O)c(C(F)(F)F)c1. The van der Waals surface area contributed by atoms with Crippen LogP contribution in [0.3, 0.4) is 0 Å². The van der Waals surface area contributed by atoms with Crippen molar-refractivity contribution in [3.63, 3.8) is 0 Å². The summed E-state index contributed by atoms with van der Waals surface area (Å²) in [5, 5.41) is 0. The Morgan fingerprint density at radius 3 is 2.10 bits per heavy atom. The van der Waals surface area contributed by atoms with E-state index in [4.69, 9.17) is 0 Å². The maximum Gasteiger partial charge on any atom is 0.417 e. The first-order chi connectivity index (χ1) is 9.45. The van der Waals surface area contributed by atoms with Crippen LogP contribution in [0.5, 0.6) is 0 Å². The van der Waals surface area contributed by atoms with E-state index in [9.17, 15) is 31.1 Å². The molecule has 0 bridgehead atoms. The van der Waals surface area contributed by atoms with Crippen LogP contribution >= 0.6 is 0 Å². The van der Waals surface area contributed by atoms with Crippen molar-refractivity contribution in [1.29, 1.82) is 0 Å². The summed E-state index contributed by atoms with van der Waals surface area (Å²) in [6.45, 7) is 1.50. The molecule has 0 radical (unpaired) electrons. The molecule has 0 N–H and O–H groups in total. The fourth-order valence-electron chi connectivity index (χ4n) is 1.84. The molecule has 0 aliphatic carbocycles. The van der Waals surface area contributed by atoms with Crippen molar-refractivity contribution in [1.82, 2.24) is 0 Å². The number of carbonyl (C=O) groups is 1. The molecule has 0 spiro atoms. The van der Waals surface area contributed by atoms with Gasteiger partial charge in [-0.15, -0.1) is 0 Å². The Morgan fingerprint density at radius 2 is 1.71 bits per heavy atom. The number of hydrogen-bond acceptors (Lipinski definition) is 2. The third-order valence-corrected chi connectivity index (χ3v) is 2.77. The van der Waals surface area contributed by atoms with Crippen LogP contribution in [0, 0.1) is 0 Å². The highest BCUT2D eigenvalue weighted by Gasteiger charge is 2.36.